The number of carbonyl (C=O) groups is 3. The van der Waals surface area contributed by atoms with Gasteiger partial charge < -0.3 is 34.2 Å². The molecule has 0 fully saturated rings. The SMILES string of the molecule is CNC(=O)N(c1ccc2c(c1)C(=O)C(=Cc1c(C#N)[nH]c3ccc(OC)cc13)O2)c1ccc2c(c1)C(=O)C(=Cc1c(C#N)[nH]c3ccc(OC)cc13)O2. The van der Waals surface area contributed by atoms with Crippen LogP contribution in [0.1, 0.15) is 43.2 Å². The number of hydrogen-bond donors (Lipinski definition) is 3. The lowest BCUT2D eigenvalue weighted by Gasteiger charge is -2.23. The van der Waals surface area contributed by atoms with Gasteiger partial charge in [0.05, 0.1) is 36.7 Å². The number of aromatic nitrogens is 2. The minimum atomic E-state index is -0.535. The fourth-order valence-corrected chi connectivity index (χ4v) is 6.50. The second kappa shape index (κ2) is 12.5. The number of carbonyl (C=O) groups excluding carboxylic acids is 3. The molecule has 8 rings (SSSR count). The molecule has 0 spiro atoms. The van der Waals surface area contributed by atoms with Gasteiger partial charge in [-0.15, -0.1) is 0 Å². The maximum absolute atomic E-state index is 13.7. The van der Waals surface area contributed by atoms with Gasteiger partial charge in [0.25, 0.3) is 0 Å². The van der Waals surface area contributed by atoms with Crippen LogP contribution in [0.3, 0.4) is 0 Å². The summed E-state index contributed by atoms with van der Waals surface area (Å²) in [6, 6.07) is 23.8. The number of nitrogens with zero attached hydrogens (tertiary/aromatic N) is 3. The lowest BCUT2D eigenvalue weighted by atomic mass is 10.0. The normalized spacial score (nSPS) is 14.4. The van der Waals surface area contributed by atoms with E-state index in [1.165, 1.54) is 50.5 Å². The van der Waals surface area contributed by atoms with E-state index < -0.39 is 17.6 Å². The number of hydrogen-bond acceptors (Lipinski definition) is 9. The molecule has 4 heterocycles. The Hall–Kier alpha value is -7.77. The Morgan fingerprint density at radius 3 is 1.57 bits per heavy atom. The molecule has 6 aromatic rings. The van der Waals surface area contributed by atoms with Crippen LogP contribution < -0.4 is 29.2 Å². The lowest BCUT2D eigenvalue weighted by molar-refractivity contribution is 0.101. The quantitative estimate of drug-likeness (QED) is 0.152. The average Bonchev–Trinajstić information content (AvgIpc) is 3.91. The van der Waals surface area contributed by atoms with Crippen molar-refractivity contribution < 1.29 is 33.3 Å². The summed E-state index contributed by atoms with van der Waals surface area (Å²) in [6.45, 7) is 0. The third kappa shape index (κ3) is 5.28. The summed E-state index contributed by atoms with van der Waals surface area (Å²) in [6.07, 6.45) is 3.03. The maximum atomic E-state index is 13.7. The van der Waals surface area contributed by atoms with Crippen molar-refractivity contribution >= 4 is 62.9 Å². The molecule has 2 aliphatic heterocycles. The van der Waals surface area contributed by atoms with Crippen LogP contribution in [-0.2, 0) is 0 Å². The van der Waals surface area contributed by atoms with Crippen molar-refractivity contribution in [3.05, 3.63) is 118 Å². The Bertz CT molecular complexity index is 2560. The summed E-state index contributed by atoms with van der Waals surface area (Å²) in [5.41, 5.74) is 3.86. The first-order valence-corrected chi connectivity index (χ1v) is 16.1. The standard InChI is InChI=1S/C40H26N6O7/c1-43-40(49)46(20-4-10-34-28(12-20)38(47)36(52-34)16-26-24-14-22(50-2)6-8-30(24)44-32(26)18-41)21-5-11-35-29(13-21)39(48)37(53-35)17-27-25-15-23(51-3)7-9-31(25)45-33(27)19-42/h4-17,44-45H,1-3H3,(H,43,49). The number of methoxy groups -OCH3 is 2. The van der Waals surface area contributed by atoms with E-state index >= 15 is 0 Å². The van der Waals surface area contributed by atoms with Gasteiger partial charge in [-0.1, -0.05) is 0 Å². The summed E-state index contributed by atoms with van der Waals surface area (Å²) >= 11 is 0. The van der Waals surface area contributed by atoms with Gasteiger partial charge in [-0.2, -0.15) is 10.5 Å². The van der Waals surface area contributed by atoms with Gasteiger partial charge >= 0.3 is 6.03 Å². The maximum Gasteiger partial charge on any atom is 0.326 e. The molecule has 2 amide bonds. The van der Waals surface area contributed by atoms with Gasteiger partial charge in [-0.25, -0.2) is 4.79 Å². The molecular formula is C40H26N6O7. The van der Waals surface area contributed by atoms with Crippen LogP contribution in [-0.4, -0.2) is 48.8 Å². The van der Waals surface area contributed by atoms with E-state index in [2.05, 4.69) is 27.4 Å². The number of aromatic amines is 2. The molecule has 0 unspecified atom stereocenters. The molecule has 4 aromatic carbocycles. The number of rotatable bonds is 6. The van der Waals surface area contributed by atoms with Gasteiger partial charge in [-0.05, 0) is 84.9 Å². The summed E-state index contributed by atoms with van der Waals surface area (Å²) in [5, 5.41) is 23.6. The number of fused-ring (bicyclic) bond motifs is 4. The Labute approximate surface area is 300 Å². The van der Waals surface area contributed by atoms with Crippen molar-refractivity contribution in [3.8, 4) is 35.1 Å². The molecule has 3 N–H and O–H groups in total. The molecule has 13 nitrogen and oxygen atoms in total. The smallest absolute Gasteiger partial charge is 0.326 e. The van der Waals surface area contributed by atoms with Gasteiger partial charge in [0, 0.05) is 40.0 Å². The van der Waals surface area contributed by atoms with Gasteiger partial charge in [0.2, 0.25) is 11.6 Å². The van der Waals surface area contributed by atoms with E-state index in [0.29, 0.717) is 55.8 Å². The molecule has 0 aliphatic carbocycles. The highest BCUT2D eigenvalue weighted by Crippen LogP contribution is 2.41. The molecule has 2 aliphatic rings. The van der Waals surface area contributed by atoms with Gasteiger partial charge in [0.1, 0.15) is 46.5 Å². The first-order chi connectivity index (χ1) is 25.7. The fraction of sp³-hybridized carbons (Fsp3) is 0.0750. The molecule has 0 saturated heterocycles. The predicted molar refractivity (Wildman–Crippen MR) is 194 cm³/mol. The summed E-state index contributed by atoms with van der Waals surface area (Å²) in [4.78, 5) is 48.3. The number of urea groups is 1. The van der Waals surface area contributed by atoms with E-state index in [1.807, 2.05) is 0 Å². The largest absolute Gasteiger partial charge is 0.497 e. The minimum absolute atomic E-state index is 0.00310. The highest BCUT2D eigenvalue weighted by atomic mass is 16.5. The zero-order chi connectivity index (χ0) is 37.0. The van der Waals surface area contributed by atoms with Crippen molar-refractivity contribution in [2.24, 2.45) is 0 Å². The number of amides is 2. The van der Waals surface area contributed by atoms with Crippen LogP contribution in [0, 0.1) is 22.7 Å². The number of nitriles is 2. The van der Waals surface area contributed by atoms with Crippen LogP contribution in [0.25, 0.3) is 34.0 Å². The van der Waals surface area contributed by atoms with E-state index in [-0.39, 0.29) is 45.5 Å². The molecule has 0 saturated carbocycles. The zero-order valence-corrected chi connectivity index (χ0v) is 28.3. The van der Waals surface area contributed by atoms with E-state index in [1.54, 1.807) is 60.7 Å². The Kier molecular flexibility index (Phi) is 7.67. The number of H-pyrrole nitrogens is 2. The number of ether oxygens (including phenoxy) is 4. The second-order valence-corrected chi connectivity index (χ2v) is 12.0. The number of ketones is 2. The zero-order valence-electron chi connectivity index (χ0n) is 28.3. The molecule has 0 radical (unpaired) electrons. The van der Waals surface area contributed by atoms with Crippen LogP contribution in [0.5, 0.6) is 23.0 Å². The van der Waals surface area contributed by atoms with Crippen molar-refractivity contribution in [2.45, 2.75) is 0 Å². The first kappa shape index (κ1) is 32.4. The third-order valence-electron chi connectivity index (χ3n) is 9.10. The topological polar surface area (TPSA) is 183 Å². The molecule has 53 heavy (non-hydrogen) atoms. The van der Waals surface area contributed by atoms with Crippen LogP contribution in [0.4, 0.5) is 16.2 Å². The average molecular weight is 703 g/mol. The second-order valence-electron chi connectivity index (χ2n) is 12.0. The van der Waals surface area contributed by atoms with E-state index in [9.17, 15) is 24.9 Å². The summed E-state index contributed by atoms with van der Waals surface area (Å²) in [5.74, 6) is 0.813. The number of anilines is 2. The number of nitrogens with one attached hydrogen (secondary N) is 3. The van der Waals surface area contributed by atoms with Crippen molar-refractivity contribution in [3.63, 3.8) is 0 Å². The van der Waals surface area contributed by atoms with Crippen molar-refractivity contribution in [1.82, 2.24) is 15.3 Å². The molecule has 258 valence electrons. The third-order valence-corrected chi connectivity index (χ3v) is 9.10. The summed E-state index contributed by atoms with van der Waals surface area (Å²) in [7, 11) is 4.54. The predicted octanol–water partition coefficient (Wildman–Crippen LogP) is 7.12. The fourth-order valence-electron chi connectivity index (χ4n) is 6.50. The van der Waals surface area contributed by atoms with Crippen LogP contribution >= 0.6 is 0 Å². The Balaban J connectivity index is 1.13. The van der Waals surface area contributed by atoms with E-state index in [0.717, 1.165) is 0 Å². The Morgan fingerprint density at radius 2 is 1.17 bits per heavy atom. The van der Waals surface area contributed by atoms with Crippen molar-refractivity contribution in [1.29, 1.82) is 10.5 Å². The number of benzene rings is 4. The van der Waals surface area contributed by atoms with Gasteiger partial charge in [0.15, 0.2) is 11.5 Å². The molecule has 0 atom stereocenters. The molecular weight excluding hydrogens is 676 g/mol. The minimum Gasteiger partial charge on any atom is -0.497 e. The lowest BCUT2D eigenvalue weighted by Crippen LogP contribution is -2.34. The first-order valence-electron chi connectivity index (χ1n) is 16.1. The summed E-state index contributed by atoms with van der Waals surface area (Å²) < 4.78 is 22.6. The van der Waals surface area contributed by atoms with Crippen molar-refractivity contribution in [2.75, 3.05) is 26.2 Å². The highest BCUT2D eigenvalue weighted by Gasteiger charge is 2.33. The highest BCUT2D eigenvalue weighted by molar-refractivity contribution is 6.18. The van der Waals surface area contributed by atoms with Gasteiger partial charge in [-0.3, -0.25) is 14.5 Å². The van der Waals surface area contributed by atoms with E-state index in [4.69, 9.17) is 18.9 Å². The number of allylic oxidation sites excluding steroid dienone is 2. The monoisotopic (exact) mass is 702 g/mol. The van der Waals surface area contributed by atoms with Crippen LogP contribution in [0.2, 0.25) is 0 Å². The molecule has 13 heteroatoms. The number of Topliss-reactive ketones (excluding diaryl/α,β-unsaturated/α-hetero) is 2. The Morgan fingerprint density at radius 1 is 0.717 bits per heavy atom. The molecule has 2 aromatic heterocycles. The van der Waals surface area contributed by atoms with Crippen LogP contribution in [0.15, 0.2) is 84.3 Å². The molecule has 0 bridgehead atoms.